The van der Waals surface area contributed by atoms with Gasteiger partial charge in [-0.2, -0.15) is 0 Å². The number of amides is 1. The first-order valence-electron chi connectivity index (χ1n) is 8.04. The lowest BCUT2D eigenvalue weighted by Crippen LogP contribution is -2.22. The lowest BCUT2D eigenvalue weighted by atomic mass is 10.2. The number of anilines is 2. The summed E-state index contributed by atoms with van der Waals surface area (Å²) in [6, 6.07) is 11.2. The highest BCUT2D eigenvalue weighted by atomic mass is 16.1. The number of nitrogens with zero attached hydrogens (tertiary/aromatic N) is 4. The maximum absolute atomic E-state index is 12.6. The van der Waals surface area contributed by atoms with Crippen molar-refractivity contribution >= 4 is 28.4 Å². The largest absolute Gasteiger partial charge is 0.341 e. The van der Waals surface area contributed by atoms with Crippen LogP contribution in [-0.4, -0.2) is 33.9 Å². The molecular formula is C18H17N5O. The van der Waals surface area contributed by atoms with Crippen LogP contribution in [0.1, 0.15) is 23.3 Å². The molecule has 0 atom stereocenters. The highest BCUT2D eigenvalue weighted by molar-refractivity contribution is 6.07. The standard InChI is InChI=1S/C18H17N5O/c24-17(15-8-10-20-18(22-15)23-11-1-2-12-23)21-14-7-3-5-13-6-4-9-19-16(13)14/h3-10H,1-2,11-12H2,(H,21,24). The lowest BCUT2D eigenvalue weighted by molar-refractivity contribution is 0.102. The Morgan fingerprint density at radius 2 is 1.83 bits per heavy atom. The molecule has 1 saturated heterocycles. The van der Waals surface area contributed by atoms with Crippen LogP contribution in [0.5, 0.6) is 0 Å². The number of carbonyl (C=O) groups is 1. The fourth-order valence-electron chi connectivity index (χ4n) is 2.94. The van der Waals surface area contributed by atoms with Gasteiger partial charge in [0.1, 0.15) is 5.69 Å². The molecule has 0 radical (unpaired) electrons. The quantitative estimate of drug-likeness (QED) is 0.804. The maximum Gasteiger partial charge on any atom is 0.274 e. The minimum Gasteiger partial charge on any atom is -0.341 e. The van der Waals surface area contributed by atoms with Crippen LogP contribution < -0.4 is 10.2 Å². The maximum atomic E-state index is 12.6. The van der Waals surface area contributed by atoms with Crippen molar-refractivity contribution in [2.45, 2.75) is 12.8 Å². The Kier molecular flexibility index (Phi) is 3.78. The lowest BCUT2D eigenvalue weighted by Gasteiger charge is -2.15. The van der Waals surface area contributed by atoms with Gasteiger partial charge in [0, 0.05) is 30.9 Å². The number of carbonyl (C=O) groups excluding carboxylic acids is 1. The Morgan fingerprint density at radius 1 is 1.00 bits per heavy atom. The SMILES string of the molecule is O=C(Nc1cccc2cccnc12)c1ccnc(N2CCCC2)n1. The van der Waals surface area contributed by atoms with Gasteiger partial charge >= 0.3 is 0 Å². The second kappa shape index (κ2) is 6.23. The Morgan fingerprint density at radius 3 is 2.71 bits per heavy atom. The number of rotatable bonds is 3. The Hall–Kier alpha value is -3.02. The molecule has 1 N–H and O–H groups in total. The van der Waals surface area contributed by atoms with Crippen LogP contribution in [0, 0.1) is 0 Å². The normalized spacial score (nSPS) is 14.1. The first-order chi connectivity index (χ1) is 11.8. The van der Waals surface area contributed by atoms with Gasteiger partial charge in [-0.15, -0.1) is 0 Å². The summed E-state index contributed by atoms with van der Waals surface area (Å²) in [6.45, 7) is 1.89. The molecule has 4 rings (SSSR count). The molecule has 3 aromatic rings. The molecular weight excluding hydrogens is 302 g/mol. The molecule has 1 aromatic carbocycles. The number of para-hydroxylation sites is 1. The fraction of sp³-hybridized carbons (Fsp3) is 0.222. The van der Waals surface area contributed by atoms with Gasteiger partial charge in [0.25, 0.3) is 5.91 Å². The van der Waals surface area contributed by atoms with E-state index in [0.29, 0.717) is 17.3 Å². The number of benzene rings is 1. The van der Waals surface area contributed by atoms with Gasteiger partial charge in [0.05, 0.1) is 11.2 Å². The van der Waals surface area contributed by atoms with Crippen molar-refractivity contribution in [3.63, 3.8) is 0 Å². The van der Waals surface area contributed by atoms with E-state index in [0.717, 1.165) is 36.8 Å². The fourth-order valence-corrected chi connectivity index (χ4v) is 2.94. The van der Waals surface area contributed by atoms with Crippen LogP contribution in [0.3, 0.4) is 0 Å². The van der Waals surface area contributed by atoms with Crippen molar-refractivity contribution in [2.24, 2.45) is 0 Å². The average Bonchev–Trinajstić information content (AvgIpc) is 3.17. The number of nitrogens with one attached hydrogen (secondary N) is 1. The molecule has 120 valence electrons. The van der Waals surface area contributed by atoms with Crippen LogP contribution in [-0.2, 0) is 0 Å². The monoisotopic (exact) mass is 319 g/mol. The Balaban J connectivity index is 1.61. The van der Waals surface area contributed by atoms with Crippen molar-refractivity contribution in [2.75, 3.05) is 23.3 Å². The minimum absolute atomic E-state index is 0.254. The number of pyridine rings is 1. The number of hydrogen-bond donors (Lipinski definition) is 1. The third-order valence-corrected chi connectivity index (χ3v) is 4.15. The highest BCUT2D eigenvalue weighted by Gasteiger charge is 2.17. The molecule has 1 aliphatic heterocycles. The van der Waals surface area contributed by atoms with Crippen molar-refractivity contribution < 1.29 is 4.79 Å². The van der Waals surface area contributed by atoms with Crippen LogP contribution in [0.15, 0.2) is 48.8 Å². The van der Waals surface area contributed by atoms with Gasteiger partial charge in [0.15, 0.2) is 0 Å². The van der Waals surface area contributed by atoms with Gasteiger partial charge in [-0.25, -0.2) is 9.97 Å². The molecule has 1 aliphatic rings. The summed E-state index contributed by atoms with van der Waals surface area (Å²) in [7, 11) is 0. The van der Waals surface area contributed by atoms with Gasteiger partial charge in [0.2, 0.25) is 5.95 Å². The molecule has 6 nitrogen and oxygen atoms in total. The number of fused-ring (bicyclic) bond motifs is 1. The summed E-state index contributed by atoms with van der Waals surface area (Å²) in [6.07, 6.45) is 5.63. The van der Waals surface area contributed by atoms with Crippen LogP contribution >= 0.6 is 0 Å². The number of aromatic nitrogens is 3. The molecule has 24 heavy (non-hydrogen) atoms. The summed E-state index contributed by atoms with van der Waals surface area (Å²) < 4.78 is 0. The van der Waals surface area contributed by atoms with Crippen LogP contribution in [0.2, 0.25) is 0 Å². The van der Waals surface area contributed by atoms with E-state index >= 15 is 0 Å². The van der Waals surface area contributed by atoms with Gasteiger partial charge < -0.3 is 10.2 Å². The van der Waals surface area contributed by atoms with Crippen molar-refractivity contribution in [1.82, 2.24) is 15.0 Å². The van der Waals surface area contributed by atoms with E-state index in [2.05, 4.69) is 25.2 Å². The van der Waals surface area contributed by atoms with E-state index in [1.54, 1.807) is 18.5 Å². The first-order valence-corrected chi connectivity index (χ1v) is 8.04. The summed E-state index contributed by atoms with van der Waals surface area (Å²) in [5, 5.41) is 3.89. The van der Waals surface area contributed by atoms with Crippen LogP contribution in [0.25, 0.3) is 10.9 Å². The summed E-state index contributed by atoms with van der Waals surface area (Å²) in [5.41, 5.74) is 1.81. The summed E-state index contributed by atoms with van der Waals surface area (Å²) in [5.74, 6) is 0.368. The van der Waals surface area contributed by atoms with E-state index < -0.39 is 0 Å². The second-order valence-electron chi connectivity index (χ2n) is 5.77. The number of hydrogen-bond acceptors (Lipinski definition) is 5. The molecule has 1 amide bonds. The topological polar surface area (TPSA) is 71.0 Å². The van der Waals surface area contributed by atoms with E-state index in [9.17, 15) is 4.79 Å². The minimum atomic E-state index is -0.254. The van der Waals surface area contributed by atoms with Gasteiger partial charge in [-0.1, -0.05) is 18.2 Å². The molecule has 0 spiro atoms. The van der Waals surface area contributed by atoms with Crippen LogP contribution in [0.4, 0.5) is 11.6 Å². The second-order valence-corrected chi connectivity index (χ2v) is 5.77. The molecule has 1 fully saturated rings. The third kappa shape index (κ3) is 2.78. The summed E-state index contributed by atoms with van der Waals surface area (Å²) in [4.78, 5) is 27.7. The predicted octanol–water partition coefficient (Wildman–Crippen LogP) is 2.88. The van der Waals surface area contributed by atoms with E-state index in [4.69, 9.17) is 0 Å². The molecule has 3 heterocycles. The molecule has 0 aliphatic carbocycles. The molecule has 0 saturated carbocycles. The smallest absolute Gasteiger partial charge is 0.274 e. The third-order valence-electron chi connectivity index (χ3n) is 4.15. The van der Waals surface area contributed by atoms with Crippen molar-refractivity contribution in [3.8, 4) is 0 Å². The van der Waals surface area contributed by atoms with E-state index in [1.807, 2.05) is 30.3 Å². The van der Waals surface area contributed by atoms with Gasteiger partial charge in [-0.05, 0) is 31.0 Å². The van der Waals surface area contributed by atoms with Crippen molar-refractivity contribution in [1.29, 1.82) is 0 Å². The highest BCUT2D eigenvalue weighted by Crippen LogP contribution is 2.21. The molecule has 6 heteroatoms. The first kappa shape index (κ1) is 14.6. The molecule has 0 bridgehead atoms. The zero-order valence-corrected chi connectivity index (χ0v) is 13.1. The predicted molar refractivity (Wildman–Crippen MR) is 93.2 cm³/mol. The molecule has 0 unspecified atom stereocenters. The molecule has 2 aromatic heterocycles. The van der Waals surface area contributed by atoms with E-state index in [-0.39, 0.29) is 5.91 Å². The van der Waals surface area contributed by atoms with Crippen molar-refractivity contribution in [3.05, 3.63) is 54.5 Å². The Bertz CT molecular complexity index is 884. The van der Waals surface area contributed by atoms with Gasteiger partial charge in [-0.3, -0.25) is 9.78 Å². The van der Waals surface area contributed by atoms with E-state index in [1.165, 1.54) is 0 Å². The zero-order valence-electron chi connectivity index (χ0n) is 13.1. The average molecular weight is 319 g/mol. The summed E-state index contributed by atoms with van der Waals surface area (Å²) >= 11 is 0. The zero-order chi connectivity index (χ0) is 16.4. The Labute approximate surface area is 139 Å².